The van der Waals surface area contributed by atoms with Crippen LogP contribution in [0.1, 0.15) is 26.7 Å². The molecule has 2 rings (SSSR count). The molecule has 0 fully saturated rings. The Morgan fingerprint density at radius 1 is 1.33 bits per heavy atom. The van der Waals surface area contributed by atoms with E-state index >= 15 is 0 Å². The number of nitrogens with one attached hydrogen (secondary N) is 2. The van der Waals surface area contributed by atoms with Crippen molar-refractivity contribution >= 4 is 29.4 Å². The number of carbonyl (C=O) groups excluding carboxylic acids is 1. The Kier molecular flexibility index (Phi) is 5.46. The number of benzene rings is 1. The number of carboxylic acids is 1. The van der Waals surface area contributed by atoms with Gasteiger partial charge in [0.25, 0.3) is 0 Å². The van der Waals surface area contributed by atoms with Gasteiger partial charge in [0.05, 0.1) is 0 Å². The van der Waals surface area contributed by atoms with Gasteiger partial charge in [-0.05, 0) is 32.4 Å². The van der Waals surface area contributed by atoms with Crippen LogP contribution in [-0.2, 0) is 4.79 Å². The van der Waals surface area contributed by atoms with Crippen molar-refractivity contribution in [1.29, 1.82) is 0 Å². The molecule has 3 N–H and O–H groups in total. The van der Waals surface area contributed by atoms with Gasteiger partial charge in [0.2, 0.25) is 0 Å². The van der Waals surface area contributed by atoms with Crippen LogP contribution in [0, 0.1) is 0 Å². The van der Waals surface area contributed by atoms with E-state index in [1.165, 1.54) is 0 Å². The molecule has 0 saturated heterocycles. The van der Waals surface area contributed by atoms with Crippen molar-refractivity contribution in [2.24, 2.45) is 0 Å². The summed E-state index contributed by atoms with van der Waals surface area (Å²) < 4.78 is 5.19. The predicted octanol–water partition coefficient (Wildman–Crippen LogP) is 3.76. The summed E-state index contributed by atoms with van der Waals surface area (Å²) in [6.07, 6.45) is 0.276. The highest BCUT2D eigenvalue weighted by molar-refractivity contribution is 6.30. The summed E-state index contributed by atoms with van der Waals surface area (Å²) in [5.41, 5.74) is 0.0763. The van der Waals surface area contributed by atoms with Crippen molar-refractivity contribution < 1.29 is 19.2 Å². The minimum absolute atomic E-state index is 0.0316. The molecule has 1 aromatic carbocycles. The number of rotatable bonds is 6. The van der Waals surface area contributed by atoms with E-state index in [4.69, 9.17) is 21.2 Å². The van der Waals surface area contributed by atoms with Crippen molar-refractivity contribution in [3.63, 3.8) is 0 Å². The maximum atomic E-state index is 12.0. The first-order valence-corrected chi connectivity index (χ1v) is 7.66. The van der Waals surface area contributed by atoms with Crippen LogP contribution in [0.15, 0.2) is 34.9 Å². The fourth-order valence-corrected chi connectivity index (χ4v) is 2.24. The monoisotopic (exact) mass is 351 g/mol. The number of urea groups is 1. The molecule has 0 atom stereocenters. The average molecular weight is 352 g/mol. The highest BCUT2D eigenvalue weighted by Crippen LogP contribution is 2.25. The Labute approximate surface area is 144 Å². The molecule has 1 heterocycles. The number of hydrogen-bond acceptors (Lipinski definition) is 4. The molecular weight excluding hydrogens is 334 g/mol. The van der Waals surface area contributed by atoms with Crippen molar-refractivity contribution in [2.45, 2.75) is 32.2 Å². The number of hydrogen-bond donors (Lipinski definition) is 3. The van der Waals surface area contributed by atoms with Crippen molar-refractivity contribution in [3.8, 4) is 11.3 Å². The number of halogens is 1. The smallest absolute Gasteiger partial charge is 0.320 e. The summed E-state index contributed by atoms with van der Waals surface area (Å²) in [5, 5.41) is 18.3. The highest BCUT2D eigenvalue weighted by atomic mass is 35.5. The zero-order valence-corrected chi connectivity index (χ0v) is 14.1. The average Bonchev–Trinajstić information content (AvgIpc) is 2.93. The Morgan fingerprint density at radius 3 is 2.75 bits per heavy atom. The van der Waals surface area contributed by atoms with Gasteiger partial charge in [0.15, 0.2) is 11.6 Å². The summed E-state index contributed by atoms with van der Waals surface area (Å²) in [4.78, 5) is 22.6. The quantitative estimate of drug-likeness (QED) is 0.735. The molecule has 2 amide bonds. The van der Waals surface area contributed by atoms with Gasteiger partial charge in [-0.15, -0.1) is 0 Å². The van der Waals surface area contributed by atoms with E-state index in [9.17, 15) is 9.59 Å². The maximum Gasteiger partial charge on any atom is 0.320 e. The summed E-state index contributed by atoms with van der Waals surface area (Å²) >= 11 is 5.93. The zero-order valence-electron chi connectivity index (χ0n) is 13.3. The lowest BCUT2D eigenvalue weighted by molar-refractivity contribution is -0.137. The normalized spacial score (nSPS) is 11.1. The fourth-order valence-electron chi connectivity index (χ4n) is 2.05. The third-order valence-corrected chi connectivity index (χ3v) is 3.51. The molecule has 0 radical (unpaired) electrons. The van der Waals surface area contributed by atoms with E-state index < -0.39 is 17.5 Å². The van der Waals surface area contributed by atoms with Crippen LogP contribution >= 0.6 is 11.6 Å². The van der Waals surface area contributed by atoms with Gasteiger partial charge in [0, 0.05) is 28.6 Å². The molecule has 0 aliphatic carbocycles. The van der Waals surface area contributed by atoms with Crippen LogP contribution in [0.5, 0.6) is 0 Å². The van der Waals surface area contributed by atoms with Crippen LogP contribution < -0.4 is 10.6 Å². The largest absolute Gasteiger partial charge is 0.481 e. The number of nitrogens with zero attached hydrogens (tertiary/aromatic N) is 1. The maximum absolute atomic E-state index is 12.0. The number of aromatic nitrogens is 1. The zero-order chi connectivity index (χ0) is 17.7. The first-order valence-electron chi connectivity index (χ1n) is 7.29. The Bertz CT molecular complexity index is 742. The van der Waals surface area contributed by atoms with Gasteiger partial charge in [-0.2, -0.15) is 0 Å². The number of anilines is 1. The molecule has 8 heteroatoms. The van der Waals surface area contributed by atoms with Crippen molar-refractivity contribution in [1.82, 2.24) is 10.5 Å². The standard InChI is InChI=1S/C16H18ClN3O4/c1-16(2,7-6-14(21)22)19-15(23)18-13-9-12(24-20-13)10-4-3-5-11(17)8-10/h3-5,8-9H,6-7H2,1-2H3,(H,21,22)(H2,18,19,20,23). The highest BCUT2D eigenvalue weighted by Gasteiger charge is 2.22. The Hall–Kier alpha value is -2.54. The van der Waals surface area contributed by atoms with E-state index in [2.05, 4.69) is 15.8 Å². The van der Waals surface area contributed by atoms with Crippen LogP contribution in [0.3, 0.4) is 0 Å². The third kappa shape index (κ3) is 5.27. The molecule has 24 heavy (non-hydrogen) atoms. The molecule has 1 aromatic heterocycles. The second-order valence-corrected chi connectivity index (χ2v) is 6.38. The number of carboxylic acid groups (broad SMARTS) is 1. The van der Waals surface area contributed by atoms with E-state index in [1.807, 2.05) is 6.07 Å². The molecule has 0 saturated carbocycles. The summed E-state index contributed by atoms with van der Waals surface area (Å²) in [7, 11) is 0. The minimum Gasteiger partial charge on any atom is -0.481 e. The molecule has 2 aromatic rings. The lowest BCUT2D eigenvalue weighted by Crippen LogP contribution is -2.45. The van der Waals surface area contributed by atoms with Gasteiger partial charge in [0.1, 0.15) is 0 Å². The van der Waals surface area contributed by atoms with Crippen molar-refractivity contribution in [3.05, 3.63) is 35.4 Å². The Morgan fingerprint density at radius 2 is 2.08 bits per heavy atom. The lowest BCUT2D eigenvalue weighted by Gasteiger charge is -2.25. The van der Waals surface area contributed by atoms with Crippen LogP contribution in [0.4, 0.5) is 10.6 Å². The van der Waals surface area contributed by atoms with E-state index in [-0.39, 0.29) is 12.2 Å². The molecule has 0 spiro atoms. The second-order valence-electron chi connectivity index (χ2n) is 5.94. The number of aliphatic carboxylic acids is 1. The first kappa shape index (κ1) is 17.8. The molecule has 7 nitrogen and oxygen atoms in total. The molecule has 128 valence electrons. The molecular formula is C16H18ClN3O4. The van der Waals surface area contributed by atoms with Crippen LogP contribution in [0.2, 0.25) is 5.02 Å². The molecule has 0 bridgehead atoms. The van der Waals surface area contributed by atoms with Crippen LogP contribution in [-0.4, -0.2) is 27.8 Å². The fraction of sp³-hybridized carbons (Fsp3) is 0.312. The topological polar surface area (TPSA) is 104 Å². The van der Waals surface area contributed by atoms with Crippen molar-refractivity contribution in [2.75, 3.05) is 5.32 Å². The van der Waals surface area contributed by atoms with Gasteiger partial charge in [-0.25, -0.2) is 4.79 Å². The number of carbonyl (C=O) groups is 2. The predicted molar refractivity (Wildman–Crippen MR) is 90.1 cm³/mol. The van der Waals surface area contributed by atoms with Gasteiger partial charge in [-0.3, -0.25) is 10.1 Å². The molecule has 0 aliphatic heterocycles. The summed E-state index contributed by atoms with van der Waals surface area (Å²) in [6.45, 7) is 3.49. The van der Waals surface area contributed by atoms with Crippen LogP contribution in [0.25, 0.3) is 11.3 Å². The van der Waals surface area contributed by atoms with E-state index in [0.717, 1.165) is 5.56 Å². The van der Waals surface area contributed by atoms with Gasteiger partial charge < -0.3 is 14.9 Å². The third-order valence-electron chi connectivity index (χ3n) is 3.28. The van der Waals surface area contributed by atoms with E-state index in [0.29, 0.717) is 17.2 Å². The molecule has 0 unspecified atom stereocenters. The summed E-state index contributed by atoms with van der Waals surface area (Å²) in [5.74, 6) is -0.192. The van der Waals surface area contributed by atoms with Gasteiger partial charge in [-0.1, -0.05) is 28.9 Å². The second kappa shape index (κ2) is 7.35. The molecule has 0 aliphatic rings. The lowest BCUT2D eigenvalue weighted by atomic mass is 9.99. The minimum atomic E-state index is -0.909. The first-order chi connectivity index (χ1) is 11.2. The Balaban J connectivity index is 1.96. The van der Waals surface area contributed by atoms with Gasteiger partial charge >= 0.3 is 12.0 Å². The van der Waals surface area contributed by atoms with E-state index in [1.54, 1.807) is 38.1 Å². The number of amides is 2. The summed E-state index contributed by atoms with van der Waals surface area (Å²) in [6, 6.07) is 8.15. The SMILES string of the molecule is CC(C)(CCC(=O)O)NC(=O)Nc1cc(-c2cccc(Cl)c2)on1.